The van der Waals surface area contributed by atoms with Crippen molar-refractivity contribution in [1.82, 2.24) is 4.98 Å². The number of thiocarbonyl (C=S) groups is 1. The van der Waals surface area contributed by atoms with Crippen LogP contribution in [-0.4, -0.2) is 16.5 Å². The monoisotopic (exact) mass is 261 g/mol. The summed E-state index contributed by atoms with van der Waals surface area (Å²) >= 11 is 4.94. The number of aromatic nitrogens is 1. The summed E-state index contributed by atoms with van der Waals surface area (Å²) in [5.74, 6) is 0.922. The van der Waals surface area contributed by atoms with Gasteiger partial charge in [-0.05, 0) is 31.2 Å². The lowest BCUT2D eigenvalue weighted by Crippen LogP contribution is -2.22. The molecule has 0 aromatic carbocycles. The van der Waals surface area contributed by atoms with Gasteiger partial charge in [0.1, 0.15) is 10.7 Å². The number of nitrogens with two attached hydrogens (primary N) is 1. The summed E-state index contributed by atoms with van der Waals surface area (Å²) in [7, 11) is 0. The van der Waals surface area contributed by atoms with E-state index >= 15 is 0 Å². The number of pyridine rings is 1. The molecule has 2 N–H and O–H groups in total. The van der Waals surface area contributed by atoms with Crippen LogP contribution < -0.4 is 10.6 Å². The van der Waals surface area contributed by atoms with Crippen molar-refractivity contribution in [2.24, 2.45) is 5.73 Å². The van der Waals surface area contributed by atoms with Crippen molar-refractivity contribution in [3.63, 3.8) is 0 Å². The number of anilines is 1. The normalized spacial score (nSPS) is 10.3. The van der Waals surface area contributed by atoms with E-state index in [1.165, 1.54) is 0 Å². The molecular formula is C13H15N3OS. The largest absolute Gasteiger partial charge is 0.467 e. The van der Waals surface area contributed by atoms with Crippen molar-refractivity contribution in [2.75, 3.05) is 11.4 Å². The molecule has 0 fully saturated rings. The molecule has 2 aromatic heterocycles. The van der Waals surface area contributed by atoms with Crippen LogP contribution in [0, 0.1) is 0 Å². The lowest BCUT2D eigenvalue weighted by molar-refractivity contribution is 0.503. The predicted molar refractivity (Wildman–Crippen MR) is 75.6 cm³/mol. The summed E-state index contributed by atoms with van der Waals surface area (Å²) in [6, 6.07) is 7.68. The third kappa shape index (κ3) is 2.87. The maximum Gasteiger partial charge on any atom is 0.123 e. The second-order valence-corrected chi connectivity index (χ2v) is 4.30. The third-order valence-electron chi connectivity index (χ3n) is 2.67. The lowest BCUT2D eigenvalue weighted by atomic mass is 10.2. The van der Waals surface area contributed by atoms with Crippen LogP contribution in [0.25, 0.3) is 0 Å². The Balaban J connectivity index is 2.21. The quantitative estimate of drug-likeness (QED) is 0.837. The molecule has 2 rings (SSSR count). The second-order valence-electron chi connectivity index (χ2n) is 3.86. The van der Waals surface area contributed by atoms with E-state index in [4.69, 9.17) is 22.4 Å². The minimum atomic E-state index is 0.311. The van der Waals surface area contributed by atoms with Gasteiger partial charge >= 0.3 is 0 Å². The zero-order valence-corrected chi connectivity index (χ0v) is 11.0. The van der Waals surface area contributed by atoms with Gasteiger partial charge in [-0.3, -0.25) is 4.98 Å². The predicted octanol–water partition coefficient (Wildman–Crippen LogP) is 2.34. The van der Waals surface area contributed by atoms with Gasteiger partial charge in [0.05, 0.1) is 18.5 Å². The van der Waals surface area contributed by atoms with Gasteiger partial charge in [-0.15, -0.1) is 0 Å². The molecule has 2 heterocycles. The molecule has 0 aliphatic carbocycles. The Labute approximate surface area is 111 Å². The molecule has 0 saturated carbocycles. The lowest BCUT2D eigenvalue weighted by Gasteiger charge is -2.22. The molecule has 0 saturated heterocycles. The average molecular weight is 261 g/mol. The van der Waals surface area contributed by atoms with Crippen molar-refractivity contribution in [3.05, 3.63) is 48.2 Å². The fourth-order valence-electron chi connectivity index (χ4n) is 1.73. The van der Waals surface area contributed by atoms with E-state index in [2.05, 4.69) is 16.8 Å². The number of hydrogen-bond acceptors (Lipinski definition) is 4. The Morgan fingerprint density at radius 3 is 2.94 bits per heavy atom. The molecule has 0 aliphatic rings. The molecule has 2 aromatic rings. The van der Waals surface area contributed by atoms with Crippen molar-refractivity contribution >= 4 is 22.9 Å². The van der Waals surface area contributed by atoms with E-state index in [1.54, 1.807) is 12.5 Å². The highest BCUT2D eigenvalue weighted by Crippen LogP contribution is 2.17. The Morgan fingerprint density at radius 2 is 2.33 bits per heavy atom. The zero-order chi connectivity index (χ0) is 13.0. The maximum atomic E-state index is 5.59. The standard InChI is InChI=1S/C13H15N3OS/c1-2-16(9-11-4-3-7-17-11)10-5-6-15-12(8-10)13(14)18/h3-8H,2,9H2,1H3,(H2,14,18). The molecule has 0 spiro atoms. The number of nitrogens with zero attached hydrogens (tertiary/aromatic N) is 2. The highest BCUT2D eigenvalue weighted by molar-refractivity contribution is 7.80. The van der Waals surface area contributed by atoms with Gasteiger partial charge < -0.3 is 15.1 Å². The first-order chi connectivity index (χ1) is 8.70. The smallest absolute Gasteiger partial charge is 0.123 e. The number of rotatable bonds is 5. The first-order valence-corrected chi connectivity index (χ1v) is 6.14. The van der Waals surface area contributed by atoms with Crippen LogP contribution in [0.5, 0.6) is 0 Å². The van der Waals surface area contributed by atoms with Crippen LogP contribution in [0.4, 0.5) is 5.69 Å². The average Bonchev–Trinajstić information content (AvgIpc) is 2.89. The summed E-state index contributed by atoms with van der Waals surface area (Å²) in [5, 5.41) is 0. The molecule has 5 heteroatoms. The highest BCUT2D eigenvalue weighted by atomic mass is 32.1. The van der Waals surface area contributed by atoms with Crippen LogP contribution in [0.3, 0.4) is 0 Å². The van der Waals surface area contributed by atoms with Crippen LogP contribution in [0.2, 0.25) is 0 Å². The highest BCUT2D eigenvalue weighted by Gasteiger charge is 2.09. The van der Waals surface area contributed by atoms with Crippen LogP contribution >= 0.6 is 12.2 Å². The maximum absolute atomic E-state index is 5.59. The topological polar surface area (TPSA) is 55.3 Å². The van der Waals surface area contributed by atoms with Crippen molar-refractivity contribution < 1.29 is 4.42 Å². The minimum Gasteiger partial charge on any atom is -0.467 e. The first kappa shape index (κ1) is 12.6. The molecule has 94 valence electrons. The van der Waals surface area contributed by atoms with E-state index < -0.39 is 0 Å². The Kier molecular flexibility index (Phi) is 3.94. The van der Waals surface area contributed by atoms with Crippen LogP contribution in [0.15, 0.2) is 41.1 Å². The van der Waals surface area contributed by atoms with Gasteiger partial charge in [-0.25, -0.2) is 0 Å². The van der Waals surface area contributed by atoms with Crippen molar-refractivity contribution in [3.8, 4) is 0 Å². The first-order valence-electron chi connectivity index (χ1n) is 5.74. The summed E-state index contributed by atoms with van der Waals surface area (Å²) in [4.78, 5) is 6.62. The molecule has 0 amide bonds. The summed E-state index contributed by atoms with van der Waals surface area (Å²) in [5.41, 5.74) is 7.27. The molecule has 18 heavy (non-hydrogen) atoms. The molecule has 0 unspecified atom stereocenters. The van der Waals surface area contributed by atoms with Gasteiger partial charge in [-0.2, -0.15) is 0 Å². The second kappa shape index (κ2) is 5.64. The summed E-state index contributed by atoms with van der Waals surface area (Å²) < 4.78 is 5.36. The Morgan fingerprint density at radius 1 is 1.50 bits per heavy atom. The third-order valence-corrected chi connectivity index (χ3v) is 2.88. The van der Waals surface area contributed by atoms with Crippen molar-refractivity contribution in [1.29, 1.82) is 0 Å². The van der Waals surface area contributed by atoms with E-state index in [-0.39, 0.29) is 0 Å². The van der Waals surface area contributed by atoms with Crippen LogP contribution in [-0.2, 0) is 6.54 Å². The Bertz CT molecular complexity index is 525. The fraction of sp³-hybridized carbons (Fsp3) is 0.231. The summed E-state index contributed by atoms with van der Waals surface area (Å²) in [6.07, 6.45) is 3.39. The van der Waals surface area contributed by atoms with Gasteiger partial charge in [0.2, 0.25) is 0 Å². The fourth-order valence-corrected chi connectivity index (χ4v) is 1.84. The molecule has 0 radical (unpaired) electrons. The van der Waals surface area contributed by atoms with E-state index in [9.17, 15) is 0 Å². The molecule has 0 atom stereocenters. The number of hydrogen-bond donors (Lipinski definition) is 1. The van der Waals surface area contributed by atoms with Crippen LogP contribution in [0.1, 0.15) is 18.4 Å². The van der Waals surface area contributed by atoms with Gasteiger partial charge in [0.25, 0.3) is 0 Å². The SMILES string of the molecule is CCN(Cc1ccco1)c1ccnc(C(N)=S)c1. The van der Waals surface area contributed by atoms with Gasteiger partial charge in [0.15, 0.2) is 0 Å². The van der Waals surface area contributed by atoms with E-state index in [1.807, 2.05) is 24.3 Å². The molecule has 4 nitrogen and oxygen atoms in total. The molecule has 0 aliphatic heterocycles. The number of furan rings is 1. The molecule has 0 bridgehead atoms. The Hall–Kier alpha value is -1.88. The van der Waals surface area contributed by atoms with E-state index in [0.29, 0.717) is 17.2 Å². The van der Waals surface area contributed by atoms with Gasteiger partial charge in [-0.1, -0.05) is 12.2 Å². The summed E-state index contributed by atoms with van der Waals surface area (Å²) in [6.45, 7) is 3.66. The van der Waals surface area contributed by atoms with Crippen molar-refractivity contribution in [2.45, 2.75) is 13.5 Å². The minimum absolute atomic E-state index is 0.311. The zero-order valence-electron chi connectivity index (χ0n) is 10.2. The molecular weight excluding hydrogens is 246 g/mol. The van der Waals surface area contributed by atoms with E-state index in [0.717, 1.165) is 18.0 Å². The van der Waals surface area contributed by atoms with Gasteiger partial charge in [0, 0.05) is 18.4 Å².